The van der Waals surface area contributed by atoms with Gasteiger partial charge in [0.25, 0.3) is 5.56 Å². The molecule has 23 heavy (non-hydrogen) atoms. The molecule has 1 aliphatic rings. The second kappa shape index (κ2) is 5.50. The predicted molar refractivity (Wildman–Crippen MR) is 91.3 cm³/mol. The van der Waals surface area contributed by atoms with Gasteiger partial charge in [-0.3, -0.25) is 19.5 Å². The zero-order chi connectivity index (χ0) is 16.0. The van der Waals surface area contributed by atoms with Crippen LogP contribution in [0, 0.1) is 0 Å². The predicted octanol–water partition coefficient (Wildman–Crippen LogP) is 2.19. The summed E-state index contributed by atoms with van der Waals surface area (Å²) < 4.78 is 0.930. The van der Waals surface area contributed by atoms with Gasteiger partial charge in [-0.1, -0.05) is 28.1 Å². The van der Waals surface area contributed by atoms with Crippen LogP contribution in [0.4, 0.5) is 5.95 Å². The van der Waals surface area contributed by atoms with Crippen molar-refractivity contribution in [3.8, 4) is 0 Å². The summed E-state index contributed by atoms with van der Waals surface area (Å²) in [5.41, 5.74) is 1.20. The molecule has 1 amide bonds. The van der Waals surface area contributed by atoms with E-state index in [0.29, 0.717) is 16.9 Å². The standard InChI is InChI=1S/C14H10BrN5O2S/c15-8-3-1-2-7(4-8)13-20(9(21)5-23-13)14-18-11-10(12(22)19-14)16-6-17-11/h1-4,6,13H,5H2,(H2,16,17,18,19,22). The first-order valence-electron chi connectivity index (χ1n) is 6.76. The number of carbonyl (C=O) groups is 1. The first-order valence-corrected chi connectivity index (χ1v) is 8.60. The van der Waals surface area contributed by atoms with Crippen molar-refractivity contribution in [1.82, 2.24) is 19.9 Å². The van der Waals surface area contributed by atoms with Crippen LogP contribution in [0.1, 0.15) is 10.9 Å². The Balaban J connectivity index is 1.83. The van der Waals surface area contributed by atoms with E-state index < -0.39 is 0 Å². The SMILES string of the molecule is O=C1CSC(c2cccc(Br)c2)N1c1nc2nc[nH]c2c(=O)[nH]1. The number of hydrogen-bond acceptors (Lipinski definition) is 5. The van der Waals surface area contributed by atoms with Crippen molar-refractivity contribution in [2.45, 2.75) is 5.37 Å². The third-order valence-electron chi connectivity index (χ3n) is 3.51. The van der Waals surface area contributed by atoms with Gasteiger partial charge in [-0.15, -0.1) is 11.8 Å². The second-order valence-electron chi connectivity index (χ2n) is 4.97. The van der Waals surface area contributed by atoms with E-state index in [4.69, 9.17) is 0 Å². The zero-order valence-corrected chi connectivity index (χ0v) is 14.0. The number of rotatable bonds is 2. The molecule has 1 aliphatic heterocycles. The second-order valence-corrected chi connectivity index (χ2v) is 6.96. The van der Waals surface area contributed by atoms with Gasteiger partial charge in [0, 0.05) is 4.47 Å². The molecule has 0 bridgehead atoms. The smallest absolute Gasteiger partial charge is 0.278 e. The summed E-state index contributed by atoms with van der Waals surface area (Å²) in [6, 6.07) is 7.73. The number of carbonyl (C=O) groups excluding carboxylic acids is 1. The van der Waals surface area contributed by atoms with E-state index in [1.807, 2.05) is 24.3 Å². The van der Waals surface area contributed by atoms with Gasteiger partial charge in [0.05, 0.1) is 12.1 Å². The molecule has 1 fully saturated rings. The van der Waals surface area contributed by atoms with Crippen LogP contribution in [0.25, 0.3) is 11.2 Å². The van der Waals surface area contributed by atoms with E-state index >= 15 is 0 Å². The third kappa shape index (κ3) is 2.45. The van der Waals surface area contributed by atoms with Crippen molar-refractivity contribution in [3.05, 3.63) is 51.0 Å². The van der Waals surface area contributed by atoms with Crippen molar-refractivity contribution in [2.24, 2.45) is 0 Å². The maximum Gasteiger partial charge on any atom is 0.278 e. The van der Waals surface area contributed by atoms with E-state index in [0.717, 1.165) is 10.0 Å². The molecule has 2 N–H and O–H groups in total. The summed E-state index contributed by atoms with van der Waals surface area (Å²) in [7, 11) is 0. The number of aromatic nitrogens is 4. The van der Waals surface area contributed by atoms with Gasteiger partial charge in [-0.2, -0.15) is 4.98 Å². The fourth-order valence-corrected chi connectivity index (χ4v) is 4.07. The number of amides is 1. The van der Waals surface area contributed by atoms with E-state index in [1.54, 1.807) is 0 Å². The molecule has 116 valence electrons. The van der Waals surface area contributed by atoms with Gasteiger partial charge in [-0.25, -0.2) is 4.98 Å². The van der Waals surface area contributed by atoms with Gasteiger partial charge < -0.3 is 4.98 Å². The van der Waals surface area contributed by atoms with Crippen molar-refractivity contribution >= 4 is 50.7 Å². The van der Waals surface area contributed by atoms with Gasteiger partial charge in [0.1, 0.15) is 5.37 Å². The largest absolute Gasteiger partial charge is 0.339 e. The molecule has 1 atom stereocenters. The third-order valence-corrected chi connectivity index (χ3v) is 5.22. The summed E-state index contributed by atoms with van der Waals surface area (Å²) in [6.07, 6.45) is 1.41. The monoisotopic (exact) mass is 391 g/mol. The van der Waals surface area contributed by atoms with Crippen LogP contribution in [0.2, 0.25) is 0 Å². The summed E-state index contributed by atoms with van der Waals surface area (Å²) in [6.45, 7) is 0. The van der Waals surface area contributed by atoms with E-state index in [1.165, 1.54) is 23.0 Å². The first-order chi connectivity index (χ1) is 11.1. The lowest BCUT2D eigenvalue weighted by molar-refractivity contribution is -0.115. The minimum absolute atomic E-state index is 0.0991. The summed E-state index contributed by atoms with van der Waals surface area (Å²) in [5, 5.41) is -0.237. The molecule has 0 saturated carbocycles. The highest BCUT2D eigenvalue weighted by Crippen LogP contribution is 2.40. The van der Waals surface area contributed by atoms with Crippen LogP contribution in [0.15, 0.2) is 39.9 Å². The van der Waals surface area contributed by atoms with E-state index in [2.05, 4.69) is 35.9 Å². The fourth-order valence-electron chi connectivity index (χ4n) is 2.51. The van der Waals surface area contributed by atoms with Crippen LogP contribution in [0.3, 0.4) is 0 Å². The molecule has 7 nitrogen and oxygen atoms in total. The first kappa shape index (κ1) is 14.5. The number of fused-ring (bicyclic) bond motifs is 1. The molecule has 4 rings (SSSR count). The van der Waals surface area contributed by atoms with Crippen LogP contribution in [-0.4, -0.2) is 31.6 Å². The average Bonchev–Trinajstić information content (AvgIpc) is 3.13. The van der Waals surface area contributed by atoms with E-state index in [-0.39, 0.29) is 22.8 Å². The Kier molecular flexibility index (Phi) is 3.46. The lowest BCUT2D eigenvalue weighted by atomic mass is 10.2. The number of halogens is 1. The number of thioether (sulfide) groups is 1. The Labute approximate surface area is 142 Å². The molecule has 0 spiro atoms. The fraction of sp³-hybridized carbons (Fsp3) is 0.143. The molecular formula is C14H10BrN5O2S. The number of hydrogen-bond donors (Lipinski definition) is 2. The molecular weight excluding hydrogens is 382 g/mol. The summed E-state index contributed by atoms with van der Waals surface area (Å²) >= 11 is 4.93. The van der Waals surface area contributed by atoms with Gasteiger partial charge in [0.15, 0.2) is 11.2 Å². The minimum Gasteiger partial charge on any atom is -0.339 e. The van der Waals surface area contributed by atoms with E-state index in [9.17, 15) is 9.59 Å². The summed E-state index contributed by atoms with van der Waals surface area (Å²) in [5.74, 6) is 0.451. The number of aromatic amines is 2. The average molecular weight is 392 g/mol. The zero-order valence-electron chi connectivity index (χ0n) is 11.6. The number of benzene rings is 1. The Morgan fingerprint density at radius 1 is 1.35 bits per heavy atom. The van der Waals surface area contributed by atoms with Gasteiger partial charge in [-0.05, 0) is 17.7 Å². The molecule has 1 aromatic carbocycles. The van der Waals surface area contributed by atoms with Crippen molar-refractivity contribution < 1.29 is 4.79 Å². The Morgan fingerprint density at radius 2 is 2.22 bits per heavy atom. The Bertz CT molecular complexity index is 969. The van der Waals surface area contributed by atoms with Crippen molar-refractivity contribution in [1.29, 1.82) is 0 Å². The normalized spacial score (nSPS) is 18.0. The molecule has 3 heterocycles. The summed E-state index contributed by atoms with van der Waals surface area (Å²) in [4.78, 5) is 39.7. The van der Waals surface area contributed by atoms with Crippen LogP contribution in [0.5, 0.6) is 0 Å². The number of anilines is 1. The van der Waals surface area contributed by atoms with Crippen LogP contribution in [-0.2, 0) is 4.79 Å². The molecule has 1 unspecified atom stereocenters. The molecule has 3 aromatic rings. The molecule has 1 saturated heterocycles. The molecule has 0 radical (unpaired) electrons. The van der Waals surface area contributed by atoms with Crippen LogP contribution >= 0.6 is 27.7 Å². The van der Waals surface area contributed by atoms with Gasteiger partial charge >= 0.3 is 0 Å². The molecule has 0 aliphatic carbocycles. The maximum absolute atomic E-state index is 12.3. The Morgan fingerprint density at radius 3 is 3.04 bits per heavy atom. The van der Waals surface area contributed by atoms with Crippen molar-refractivity contribution in [3.63, 3.8) is 0 Å². The quantitative estimate of drug-likeness (QED) is 0.697. The Hall–Kier alpha value is -2.13. The number of nitrogens with zero attached hydrogens (tertiary/aromatic N) is 3. The minimum atomic E-state index is -0.347. The number of imidazole rings is 1. The van der Waals surface area contributed by atoms with Crippen LogP contribution < -0.4 is 10.5 Å². The number of nitrogens with one attached hydrogen (secondary N) is 2. The lowest BCUT2D eigenvalue weighted by Gasteiger charge is -2.22. The highest BCUT2D eigenvalue weighted by molar-refractivity contribution is 9.10. The molecule has 9 heteroatoms. The topological polar surface area (TPSA) is 94.7 Å². The molecule has 2 aromatic heterocycles. The number of H-pyrrole nitrogens is 2. The van der Waals surface area contributed by atoms with Crippen molar-refractivity contribution in [2.75, 3.05) is 10.7 Å². The maximum atomic E-state index is 12.3. The highest BCUT2D eigenvalue weighted by Gasteiger charge is 2.36. The highest BCUT2D eigenvalue weighted by atomic mass is 79.9. The van der Waals surface area contributed by atoms with Gasteiger partial charge in [0.2, 0.25) is 11.9 Å². The lowest BCUT2D eigenvalue weighted by Crippen LogP contribution is -2.31.